The van der Waals surface area contributed by atoms with Crippen LogP contribution in [-0.4, -0.2) is 68.6 Å². The number of rotatable bonds is 7. The van der Waals surface area contributed by atoms with Crippen LogP contribution in [0.25, 0.3) is 0 Å². The highest BCUT2D eigenvalue weighted by atomic mass is 15.3. The maximum Gasteiger partial charge on any atom is 0.191 e. The molecule has 0 saturated carbocycles. The average Bonchev–Trinajstić information content (AvgIpc) is 2.60. The highest BCUT2D eigenvalue weighted by Crippen LogP contribution is 2.07. The smallest absolute Gasteiger partial charge is 0.191 e. The second-order valence-electron chi connectivity index (χ2n) is 6.03. The molecule has 0 spiro atoms. The van der Waals surface area contributed by atoms with Gasteiger partial charge in [-0.05, 0) is 12.0 Å². The summed E-state index contributed by atoms with van der Waals surface area (Å²) < 4.78 is 0. The van der Waals surface area contributed by atoms with E-state index in [1.807, 2.05) is 7.05 Å². The fourth-order valence-electron chi connectivity index (χ4n) is 2.81. The summed E-state index contributed by atoms with van der Waals surface area (Å²) in [7, 11) is 1.83. The zero-order chi connectivity index (χ0) is 16.3. The molecule has 1 fully saturated rings. The molecule has 23 heavy (non-hydrogen) atoms. The molecule has 1 saturated heterocycles. The zero-order valence-electron chi connectivity index (χ0n) is 14.6. The van der Waals surface area contributed by atoms with Crippen LogP contribution in [-0.2, 0) is 6.54 Å². The van der Waals surface area contributed by atoms with Gasteiger partial charge in [0.2, 0.25) is 0 Å². The van der Waals surface area contributed by atoms with Gasteiger partial charge in [-0.2, -0.15) is 0 Å². The summed E-state index contributed by atoms with van der Waals surface area (Å²) in [5.41, 5.74) is 1.41. The Morgan fingerprint density at radius 1 is 1.00 bits per heavy atom. The highest BCUT2D eigenvalue weighted by molar-refractivity contribution is 5.79. The van der Waals surface area contributed by atoms with Crippen molar-refractivity contribution in [1.29, 1.82) is 0 Å². The van der Waals surface area contributed by atoms with Gasteiger partial charge in [0.15, 0.2) is 5.96 Å². The number of nitrogens with one attached hydrogen (secondary N) is 2. The van der Waals surface area contributed by atoms with Crippen LogP contribution < -0.4 is 10.6 Å². The van der Waals surface area contributed by atoms with Crippen molar-refractivity contribution >= 4 is 5.96 Å². The summed E-state index contributed by atoms with van der Waals surface area (Å²) >= 11 is 0. The van der Waals surface area contributed by atoms with Gasteiger partial charge in [0.05, 0.1) is 0 Å². The lowest BCUT2D eigenvalue weighted by Gasteiger charge is -2.34. The van der Waals surface area contributed by atoms with E-state index in [1.54, 1.807) is 0 Å². The molecule has 1 aromatic carbocycles. The molecule has 0 bridgehead atoms. The SMILES string of the molecule is CCCNC(=NC)NCCN1CCN(Cc2ccccc2)CC1. The number of nitrogens with zero attached hydrogens (tertiary/aromatic N) is 3. The van der Waals surface area contributed by atoms with Crippen LogP contribution in [0.2, 0.25) is 0 Å². The first-order valence-corrected chi connectivity index (χ1v) is 8.75. The first kappa shape index (κ1) is 17.8. The van der Waals surface area contributed by atoms with Crippen molar-refractivity contribution in [3.63, 3.8) is 0 Å². The molecule has 1 heterocycles. The molecular formula is C18H31N5. The Hall–Kier alpha value is -1.59. The molecule has 1 aliphatic heterocycles. The number of guanidine groups is 1. The molecule has 1 aliphatic rings. The van der Waals surface area contributed by atoms with E-state index in [0.29, 0.717) is 0 Å². The molecular weight excluding hydrogens is 286 g/mol. The lowest BCUT2D eigenvalue weighted by Crippen LogP contribution is -2.49. The van der Waals surface area contributed by atoms with Gasteiger partial charge in [-0.1, -0.05) is 37.3 Å². The second-order valence-corrected chi connectivity index (χ2v) is 6.03. The third kappa shape index (κ3) is 6.59. The first-order chi connectivity index (χ1) is 11.3. The maximum atomic E-state index is 4.23. The van der Waals surface area contributed by atoms with Gasteiger partial charge < -0.3 is 10.6 Å². The molecule has 0 atom stereocenters. The molecule has 1 aromatic rings. The largest absolute Gasteiger partial charge is 0.356 e. The van der Waals surface area contributed by atoms with E-state index in [1.165, 1.54) is 5.56 Å². The Morgan fingerprint density at radius 2 is 1.65 bits per heavy atom. The summed E-state index contributed by atoms with van der Waals surface area (Å²) in [5.74, 6) is 0.912. The van der Waals surface area contributed by atoms with E-state index in [-0.39, 0.29) is 0 Å². The lowest BCUT2D eigenvalue weighted by molar-refractivity contribution is 0.129. The van der Waals surface area contributed by atoms with Crippen molar-refractivity contribution in [2.75, 3.05) is 52.9 Å². The monoisotopic (exact) mass is 317 g/mol. The van der Waals surface area contributed by atoms with Crippen molar-refractivity contribution < 1.29 is 0 Å². The summed E-state index contributed by atoms with van der Waals surface area (Å²) in [6, 6.07) is 10.8. The highest BCUT2D eigenvalue weighted by Gasteiger charge is 2.16. The van der Waals surface area contributed by atoms with E-state index < -0.39 is 0 Å². The summed E-state index contributed by atoms with van der Waals surface area (Å²) in [4.78, 5) is 9.31. The van der Waals surface area contributed by atoms with Gasteiger partial charge in [-0.3, -0.25) is 14.8 Å². The molecule has 0 radical (unpaired) electrons. The Morgan fingerprint density at radius 3 is 2.30 bits per heavy atom. The predicted molar refractivity (Wildman–Crippen MR) is 97.8 cm³/mol. The third-order valence-electron chi connectivity index (χ3n) is 4.20. The van der Waals surface area contributed by atoms with Gasteiger partial charge in [-0.25, -0.2) is 0 Å². The fourth-order valence-corrected chi connectivity index (χ4v) is 2.81. The minimum atomic E-state index is 0.912. The topological polar surface area (TPSA) is 42.9 Å². The number of piperazine rings is 1. The Bertz CT molecular complexity index is 452. The van der Waals surface area contributed by atoms with Crippen LogP contribution in [0.1, 0.15) is 18.9 Å². The van der Waals surface area contributed by atoms with Crippen molar-refractivity contribution in [3.05, 3.63) is 35.9 Å². The fraction of sp³-hybridized carbons (Fsp3) is 0.611. The normalized spacial score (nSPS) is 17.2. The van der Waals surface area contributed by atoms with E-state index in [4.69, 9.17) is 0 Å². The summed E-state index contributed by atoms with van der Waals surface area (Å²) in [6.45, 7) is 10.8. The Kier molecular flexibility index (Phi) is 7.90. The molecule has 5 nitrogen and oxygen atoms in total. The molecule has 2 N–H and O–H groups in total. The Balaban J connectivity index is 1.61. The van der Waals surface area contributed by atoms with Gasteiger partial charge in [-0.15, -0.1) is 0 Å². The quantitative estimate of drug-likeness (QED) is 0.589. The summed E-state index contributed by atoms with van der Waals surface area (Å²) in [5, 5.41) is 6.69. The Labute approximate surface area is 140 Å². The van der Waals surface area contributed by atoms with Gasteiger partial charge >= 0.3 is 0 Å². The average molecular weight is 317 g/mol. The second kappa shape index (κ2) is 10.2. The zero-order valence-corrected chi connectivity index (χ0v) is 14.6. The predicted octanol–water partition coefficient (Wildman–Crippen LogP) is 1.38. The van der Waals surface area contributed by atoms with E-state index >= 15 is 0 Å². The molecule has 5 heteroatoms. The molecule has 128 valence electrons. The van der Waals surface area contributed by atoms with E-state index in [0.717, 1.165) is 64.7 Å². The molecule has 0 aliphatic carbocycles. The van der Waals surface area contributed by atoms with Crippen LogP contribution in [0, 0.1) is 0 Å². The number of benzene rings is 1. The van der Waals surface area contributed by atoms with Crippen LogP contribution in [0.15, 0.2) is 35.3 Å². The number of hydrogen-bond acceptors (Lipinski definition) is 3. The first-order valence-electron chi connectivity index (χ1n) is 8.75. The maximum absolute atomic E-state index is 4.23. The van der Waals surface area contributed by atoms with Crippen LogP contribution in [0.4, 0.5) is 0 Å². The standard InChI is InChI=1S/C18H31N5/c1-3-9-20-18(19-2)21-10-11-22-12-14-23(15-13-22)16-17-7-5-4-6-8-17/h4-8H,3,9-16H2,1-2H3,(H2,19,20,21). The molecule has 0 amide bonds. The van der Waals surface area contributed by atoms with E-state index in [9.17, 15) is 0 Å². The third-order valence-corrected chi connectivity index (χ3v) is 4.20. The van der Waals surface area contributed by atoms with Gasteiger partial charge in [0.25, 0.3) is 0 Å². The van der Waals surface area contributed by atoms with Gasteiger partial charge in [0, 0.05) is 59.4 Å². The van der Waals surface area contributed by atoms with Crippen molar-refractivity contribution in [1.82, 2.24) is 20.4 Å². The molecule has 0 aromatic heterocycles. The van der Waals surface area contributed by atoms with E-state index in [2.05, 4.69) is 62.7 Å². The van der Waals surface area contributed by atoms with Crippen LogP contribution in [0.3, 0.4) is 0 Å². The molecule has 0 unspecified atom stereocenters. The van der Waals surface area contributed by atoms with Crippen LogP contribution >= 0.6 is 0 Å². The lowest BCUT2D eigenvalue weighted by atomic mass is 10.2. The van der Waals surface area contributed by atoms with Crippen LogP contribution in [0.5, 0.6) is 0 Å². The number of hydrogen-bond donors (Lipinski definition) is 2. The molecule has 2 rings (SSSR count). The van der Waals surface area contributed by atoms with Crippen molar-refractivity contribution in [2.45, 2.75) is 19.9 Å². The minimum Gasteiger partial charge on any atom is -0.356 e. The van der Waals surface area contributed by atoms with Gasteiger partial charge in [0.1, 0.15) is 0 Å². The number of aliphatic imine (C=N–C) groups is 1. The van der Waals surface area contributed by atoms with Crippen molar-refractivity contribution in [2.24, 2.45) is 4.99 Å². The minimum absolute atomic E-state index is 0.912. The van der Waals surface area contributed by atoms with Crippen molar-refractivity contribution in [3.8, 4) is 0 Å². The summed E-state index contributed by atoms with van der Waals surface area (Å²) in [6.07, 6.45) is 1.12.